The van der Waals surface area contributed by atoms with E-state index in [0.29, 0.717) is 19.8 Å². The Balaban J connectivity index is 2.06. The van der Waals surface area contributed by atoms with Gasteiger partial charge in [0.25, 0.3) is 0 Å². The van der Waals surface area contributed by atoms with E-state index < -0.39 is 0 Å². The van der Waals surface area contributed by atoms with Crippen molar-refractivity contribution in [2.24, 2.45) is 0 Å². The maximum atomic E-state index is 5.29. The summed E-state index contributed by atoms with van der Waals surface area (Å²) in [6, 6.07) is 0. The zero-order valence-corrected chi connectivity index (χ0v) is 9.16. The normalized spacial score (nSPS) is 10.6. The molecule has 5 heteroatoms. The molecule has 4 nitrogen and oxygen atoms in total. The molecule has 0 atom stereocenters. The highest BCUT2D eigenvalue weighted by Gasteiger charge is 1.94. The molecular weight excluding hydrogens is 236 g/mol. The van der Waals surface area contributed by atoms with Crippen LogP contribution < -0.4 is 0 Å². The first-order valence-corrected chi connectivity index (χ1v) is 4.87. The highest BCUT2D eigenvalue weighted by Crippen LogP contribution is 2.05. The number of hydrogen-bond donors (Lipinski definition) is 0. The van der Waals surface area contributed by atoms with Gasteiger partial charge in [0.15, 0.2) is 0 Å². The lowest BCUT2D eigenvalue weighted by molar-refractivity contribution is 0.0654. The number of ether oxygens (including phenoxy) is 2. The molecule has 1 rings (SSSR count). The first kappa shape index (κ1) is 10.7. The van der Waals surface area contributed by atoms with Crippen LogP contribution in [0.3, 0.4) is 0 Å². The van der Waals surface area contributed by atoms with Gasteiger partial charge in [0.1, 0.15) is 0 Å². The molecule has 0 aliphatic rings. The summed E-state index contributed by atoms with van der Waals surface area (Å²) < 4.78 is 12.9. The third-order valence-electron chi connectivity index (χ3n) is 1.50. The molecular formula is C8H13BrN2O2. The molecule has 13 heavy (non-hydrogen) atoms. The van der Waals surface area contributed by atoms with Crippen LogP contribution in [0, 0.1) is 0 Å². The average Bonchev–Trinajstić information content (AvgIpc) is 2.51. The summed E-state index contributed by atoms with van der Waals surface area (Å²) >= 11 is 3.32. The van der Waals surface area contributed by atoms with Crippen molar-refractivity contribution in [3.8, 4) is 0 Å². The predicted octanol–water partition coefficient (Wildman–Crippen LogP) is 1.31. The standard InChI is InChI=1S/C8H13BrN2O2/c1-12-4-5-13-3-2-11-7-8(9)6-10-11/h6-7H,2-5H2,1H3. The van der Waals surface area contributed by atoms with Crippen molar-refractivity contribution in [3.63, 3.8) is 0 Å². The van der Waals surface area contributed by atoms with E-state index in [0.717, 1.165) is 11.0 Å². The molecule has 0 aliphatic heterocycles. The van der Waals surface area contributed by atoms with E-state index in [4.69, 9.17) is 9.47 Å². The highest BCUT2D eigenvalue weighted by molar-refractivity contribution is 9.10. The fourth-order valence-electron chi connectivity index (χ4n) is 0.863. The van der Waals surface area contributed by atoms with Crippen molar-refractivity contribution in [3.05, 3.63) is 16.9 Å². The fraction of sp³-hybridized carbons (Fsp3) is 0.625. The second kappa shape index (κ2) is 6.12. The minimum absolute atomic E-state index is 0.638. The molecule has 1 aromatic heterocycles. The molecule has 0 unspecified atom stereocenters. The van der Waals surface area contributed by atoms with Crippen LogP contribution in [0.15, 0.2) is 16.9 Å². The lowest BCUT2D eigenvalue weighted by atomic mass is 10.6. The van der Waals surface area contributed by atoms with Gasteiger partial charge in [-0.05, 0) is 15.9 Å². The highest BCUT2D eigenvalue weighted by atomic mass is 79.9. The number of aromatic nitrogens is 2. The van der Waals surface area contributed by atoms with E-state index in [9.17, 15) is 0 Å². The zero-order valence-electron chi connectivity index (χ0n) is 7.57. The molecule has 0 amide bonds. The van der Waals surface area contributed by atoms with E-state index >= 15 is 0 Å². The Morgan fingerprint density at radius 2 is 2.31 bits per heavy atom. The Kier molecular flexibility index (Phi) is 5.03. The minimum atomic E-state index is 0.638. The van der Waals surface area contributed by atoms with Gasteiger partial charge < -0.3 is 9.47 Å². The van der Waals surface area contributed by atoms with Gasteiger partial charge in [0.2, 0.25) is 0 Å². The summed E-state index contributed by atoms with van der Waals surface area (Å²) in [7, 11) is 1.66. The quantitative estimate of drug-likeness (QED) is 0.713. The topological polar surface area (TPSA) is 36.3 Å². The van der Waals surface area contributed by atoms with E-state index in [1.807, 2.05) is 10.9 Å². The molecule has 1 heterocycles. The van der Waals surface area contributed by atoms with Gasteiger partial charge >= 0.3 is 0 Å². The third kappa shape index (κ3) is 4.40. The van der Waals surface area contributed by atoms with Gasteiger partial charge in [0.05, 0.1) is 37.0 Å². The van der Waals surface area contributed by atoms with Crippen LogP contribution >= 0.6 is 15.9 Å². The molecule has 0 fully saturated rings. The van der Waals surface area contributed by atoms with Gasteiger partial charge in [-0.3, -0.25) is 4.68 Å². The summed E-state index contributed by atoms with van der Waals surface area (Å²) in [6.07, 6.45) is 3.68. The van der Waals surface area contributed by atoms with Gasteiger partial charge in [-0.15, -0.1) is 0 Å². The summed E-state index contributed by atoms with van der Waals surface area (Å²) in [6.45, 7) is 2.72. The van der Waals surface area contributed by atoms with E-state index in [1.165, 1.54) is 0 Å². The molecule has 0 aromatic carbocycles. The molecule has 0 bridgehead atoms. The molecule has 74 valence electrons. The average molecular weight is 249 g/mol. The van der Waals surface area contributed by atoms with Crippen LogP contribution in [0.4, 0.5) is 0 Å². The van der Waals surface area contributed by atoms with Crippen molar-refractivity contribution < 1.29 is 9.47 Å². The molecule has 1 aromatic rings. The summed E-state index contributed by atoms with van der Waals surface area (Å²) in [4.78, 5) is 0. The Bertz CT molecular complexity index is 240. The monoisotopic (exact) mass is 248 g/mol. The Hall–Kier alpha value is -0.390. The van der Waals surface area contributed by atoms with Crippen molar-refractivity contribution >= 4 is 15.9 Å². The maximum absolute atomic E-state index is 5.29. The van der Waals surface area contributed by atoms with Gasteiger partial charge in [0, 0.05) is 13.3 Å². The first-order chi connectivity index (χ1) is 6.33. The second-order valence-electron chi connectivity index (χ2n) is 2.53. The number of halogens is 1. The molecule has 0 aliphatic carbocycles. The molecule has 0 spiro atoms. The van der Waals surface area contributed by atoms with Gasteiger partial charge in [-0.1, -0.05) is 0 Å². The van der Waals surface area contributed by atoms with Crippen molar-refractivity contribution in [1.29, 1.82) is 0 Å². The molecule has 0 radical (unpaired) electrons. The van der Waals surface area contributed by atoms with Crippen LogP contribution in [0.5, 0.6) is 0 Å². The Labute approximate surface area is 86.0 Å². The fourth-order valence-corrected chi connectivity index (χ4v) is 1.19. The molecule has 0 saturated carbocycles. The summed E-state index contributed by atoms with van der Waals surface area (Å²) in [5, 5.41) is 4.09. The van der Waals surface area contributed by atoms with E-state index in [2.05, 4.69) is 21.0 Å². The van der Waals surface area contributed by atoms with Crippen LogP contribution in [0.2, 0.25) is 0 Å². The van der Waals surface area contributed by atoms with Crippen LogP contribution in [0.1, 0.15) is 0 Å². The predicted molar refractivity (Wildman–Crippen MR) is 52.6 cm³/mol. The van der Waals surface area contributed by atoms with Gasteiger partial charge in [-0.2, -0.15) is 5.10 Å². The third-order valence-corrected chi connectivity index (χ3v) is 1.91. The molecule has 0 saturated heterocycles. The largest absolute Gasteiger partial charge is 0.382 e. The summed E-state index contributed by atoms with van der Waals surface area (Å²) in [5.41, 5.74) is 0. The summed E-state index contributed by atoms with van der Waals surface area (Å²) in [5.74, 6) is 0. The SMILES string of the molecule is COCCOCCn1cc(Br)cn1. The van der Waals surface area contributed by atoms with Crippen molar-refractivity contribution in [2.75, 3.05) is 26.9 Å². The number of rotatable bonds is 6. The maximum Gasteiger partial charge on any atom is 0.0701 e. The Morgan fingerprint density at radius 1 is 1.46 bits per heavy atom. The van der Waals surface area contributed by atoms with Crippen molar-refractivity contribution in [2.45, 2.75) is 6.54 Å². The van der Waals surface area contributed by atoms with Gasteiger partial charge in [-0.25, -0.2) is 0 Å². The lowest BCUT2D eigenvalue weighted by Gasteiger charge is -2.02. The lowest BCUT2D eigenvalue weighted by Crippen LogP contribution is -2.09. The number of methoxy groups -OCH3 is 1. The van der Waals surface area contributed by atoms with Crippen molar-refractivity contribution in [1.82, 2.24) is 9.78 Å². The molecule has 0 N–H and O–H groups in total. The second-order valence-corrected chi connectivity index (χ2v) is 3.44. The minimum Gasteiger partial charge on any atom is -0.382 e. The first-order valence-electron chi connectivity index (χ1n) is 4.07. The zero-order chi connectivity index (χ0) is 9.52. The van der Waals surface area contributed by atoms with Crippen LogP contribution in [-0.4, -0.2) is 36.7 Å². The van der Waals surface area contributed by atoms with Crippen LogP contribution in [-0.2, 0) is 16.0 Å². The number of hydrogen-bond acceptors (Lipinski definition) is 3. The number of nitrogens with zero attached hydrogens (tertiary/aromatic N) is 2. The van der Waals surface area contributed by atoms with E-state index in [1.54, 1.807) is 13.3 Å². The van der Waals surface area contributed by atoms with Crippen LogP contribution in [0.25, 0.3) is 0 Å². The smallest absolute Gasteiger partial charge is 0.0701 e. The Morgan fingerprint density at radius 3 is 2.92 bits per heavy atom. The van der Waals surface area contributed by atoms with E-state index in [-0.39, 0.29) is 0 Å².